The summed E-state index contributed by atoms with van der Waals surface area (Å²) in [6.07, 6.45) is 0.750. The molecule has 1 spiro atoms. The molecule has 0 saturated carbocycles. The molecule has 11 heterocycles. The first-order chi connectivity index (χ1) is 10.4. The van der Waals surface area contributed by atoms with Gasteiger partial charge in [-0.2, -0.15) is 0 Å². The van der Waals surface area contributed by atoms with Gasteiger partial charge in [0.25, 0.3) is 0 Å². The molecule has 11 rings (SSSR count). The van der Waals surface area contributed by atoms with Gasteiger partial charge >= 0.3 is 122 Å². The monoisotopic (exact) mass is 352 g/mol. The van der Waals surface area contributed by atoms with Crippen molar-refractivity contribution in [3.8, 4) is 0 Å². The van der Waals surface area contributed by atoms with Crippen LogP contribution in [0.2, 0.25) is 47.2 Å². The average molecular weight is 352 g/mol. The number of carbonyl (C=O) groups is 2. The molecular formula is C18H16FeO2S. The van der Waals surface area contributed by atoms with Crippen molar-refractivity contribution in [3.05, 3.63) is 22.4 Å². The molecule has 10 saturated heterocycles. The summed E-state index contributed by atoms with van der Waals surface area (Å²) in [6.45, 7) is -1.75. The zero-order valence-corrected chi connectivity index (χ0v) is 14.1. The Morgan fingerprint density at radius 2 is 1.68 bits per heavy atom. The number of hydrogen-bond donors (Lipinski definition) is 0. The van der Waals surface area contributed by atoms with Crippen molar-refractivity contribution in [2.75, 3.05) is 0 Å². The van der Waals surface area contributed by atoms with Crippen LogP contribution in [0, 0.1) is 0 Å². The van der Waals surface area contributed by atoms with Gasteiger partial charge in [-0.05, 0) is 0 Å². The summed E-state index contributed by atoms with van der Waals surface area (Å²) in [5.74, 6) is 1.22. The third-order valence-corrected chi connectivity index (χ3v) is 60.2. The van der Waals surface area contributed by atoms with Gasteiger partial charge in [-0.1, -0.05) is 0 Å². The molecule has 8 atom stereocenters. The molecular weight excluding hydrogens is 336 g/mol. The summed E-state index contributed by atoms with van der Waals surface area (Å²) in [5, 5.41) is 2.06. The molecule has 4 heteroatoms. The van der Waals surface area contributed by atoms with Crippen molar-refractivity contribution in [1.82, 2.24) is 0 Å². The maximum absolute atomic E-state index is 13.7. The summed E-state index contributed by atoms with van der Waals surface area (Å²) in [5.41, 5.74) is 0. The van der Waals surface area contributed by atoms with Crippen molar-refractivity contribution in [2.24, 2.45) is 0 Å². The molecule has 0 bridgehead atoms. The number of fused-ring (bicyclic) bond motifs is 10. The van der Waals surface area contributed by atoms with Crippen LogP contribution in [0.15, 0.2) is 17.5 Å². The Kier molecular flexibility index (Phi) is 0.366. The van der Waals surface area contributed by atoms with E-state index in [1.807, 2.05) is 6.07 Å². The predicted octanol–water partition coefficient (Wildman–Crippen LogP) is 5.04. The van der Waals surface area contributed by atoms with Crippen LogP contribution in [0.5, 0.6) is 0 Å². The van der Waals surface area contributed by atoms with Gasteiger partial charge in [0, 0.05) is 0 Å². The van der Waals surface area contributed by atoms with Crippen molar-refractivity contribution in [2.45, 2.75) is 60.5 Å². The van der Waals surface area contributed by atoms with E-state index in [0.717, 1.165) is 49.8 Å². The van der Waals surface area contributed by atoms with E-state index in [-0.39, 0.29) is 8.63 Å². The van der Waals surface area contributed by atoms with Gasteiger partial charge in [0.05, 0.1) is 0 Å². The van der Waals surface area contributed by atoms with Gasteiger partial charge in [0.15, 0.2) is 0 Å². The van der Waals surface area contributed by atoms with Crippen molar-refractivity contribution < 1.29 is 16.1 Å². The fourth-order valence-corrected chi connectivity index (χ4v) is 95.4. The SMILES string of the molecule is CCC(=O)[C]12[CH]3[CH]4[CH]5[CH]1[Fe]45321678[CH]2[CH]1[CH]6[C]7(C(=O)c1cccs1)[CH]28. The van der Waals surface area contributed by atoms with Crippen molar-refractivity contribution in [3.63, 3.8) is 0 Å². The molecule has 8 unspecified atom stereocenters. The summed E-state index contributed by atoms with van der Waals surface area (Å²) in [4.78, 5) is 35.4. The molecule has 1 aromatic rings. The van der Waals surface area contributed by atoms with Crippen LogP contribution in [-0.4, -0.2) is 11.6 Å². The molecule has 2 nitrogen and oxygen atoms in total. The first-order valence-electron chi connectivity index (χ1n) is 8.76. The number of ketones is 2. The molecule has 0 N–H and O–H groups in total. The molecule has 0 radical (unpaired) electrons. The number of thiophene rings is 1. The van der Waals surface area contributed by atoms with E-state index in [2.05, 4.69) is 18.4 Å². The zero-order chi connectivity index (χ0) is 14.2. The van der Waals surface area contributed by atoms with Gasteiger partial charge in [-0.15, -0.1) is 0 Å². The van der Waals surface area contributed by atoms with Gasteiger partial charge in [0.2, 0.25) is 0 Å². The second kappa shape index (κ2) is 0.880. The van der Waals surface area contributed by atoms with Gasteiger partial charge in [-0.25, -0.2) is 0 Å². The Balaban J connectivity index is 1.42. The molecule has 0 amide bonds. The second-order valence-electron chi connectivity index (χ2n) is 11.9. The summed E-state index contributed by atoms with van der Waals surface area (Å²) < 4.78 is 0.403. The predicted molar refractivity (Wildman–Crippen MR) is 79.3 cm³/mol. The Morgan fingerprint density at radius 3 is 2.14 bits per heavy atom. The van der Waals surface area contributed by atoms with E-state index in [1.165, 1.54) is 0 Å². The second-order valence-corrected chi connectivity index (χ2v) is 36.0. The number of rotatable bonds is 4. The van der Waals surface area contributed by atoms with Crippen LogP contribution < -0.4 is 0 Å². The first kappa shape index (κ1) is 9.15. The molecule has 10 fully saturated rings. The summed E-state index contributed by atoms with van der Waals surface area (Å²) >= 11 is 1.66. The number of carbonyl (C=O) groups excluding carboxylic acids is 2. The average Bonchev–Trinajstić information content (AvgIpc) is 3.41. The number of hydrogen-bond acceptors (Lipinski definition) is 3. The van der Waals surface area contributed by atoms with Crippen LogP contribution in [0.1, 0.15) is 23.0 Å². The normalized spacial score (nSPS) is 97.9. The van der Waals surface area contributed by atoms with E-state index in [0.29, 0.717) is 11.6 Å². The zero-order valence-electron chi connectivity index (χ0n) is 12.1. The van der Waals surface area contributed by atoms with Crippen LogP contribution in [0.4, 0.5) is 0 Å². The van der Waals surface area contributed by atoms with E-state index in [9.17, 15) is 9.59 Å². The van der Waals surface area contributed by atoms with Crippen LogP contribution in [0.3, 0.4) is 0 Å². The third-order valence-electron chi connectivity index (χ3n) is 16.7. The first-order valence-corrected chi connectivity index (χ1v) is 15.8. The Hall–Kier alpha value is -0.441. The summed E-state index contributed by atoms with van der Waals surface area (Å²) in [7, 11) is 0. The quantitative estimate of drug-likeness (QED) is 0.562. The standard InChI is InChI=1S/C10H7OS.C8H9O.Fe/c11-10(8-4-1-2-5-8)9-6-3-7-12-9;1-2-8(9)7-5-3-4-6-7;/h1-7H;3-6H,2H2,1H3;. The molecule has 0 aliphatic carbocycles. The molecule has 10 aliphatic rings. The Morgan fingerprint density at radius 1 is 1.09 bits per heavy atom. The van der Waals surface area contributed by atoms with Crippen LogP contribution in [0.25, 0.3) is 0 Å². The summed E-state index contributed by atoms with van der Waals surface area (Å²) in [6, 6.07) is 4.10. The van der Waals surface area contributed by atoms with Gasteiger partial charge in [0.1, 0.15) is 0 Å². The molecule has 0 aromatic carbocycles. The van der Waals surface area contributed by atoms with Gasteiger partial charge < -0.3 is 0 Å². The minimum absolute atomic E-state index is 0.171. The van der Waals surface area contributed by atoms with Crippen molar-refractivity contribution in [1.29, 1.82) is 0 Å². The van der Waals surface area contributed by atoms with Crippen molar-refractivity contribution >= 4 is 22.9 Å². The molecule has 22 heavy (non-hydrogen) atoms. The fraction of sp³-hybridized carbons (Fsp3) is 0.667. The molecule has 114 valence electrons. The van der Waals surface area contributed by atoms with Crippen LogP contribution in [-0.2, 0) is 11.3 Å². The van der Waals surface area contributed by atoms with Gasteiger partial charge in [-0.3, -0.25) is 0 Å². The molecule has 10 aliphatic heterocycles. The Bertz CT molecular complexity index is 1350. The van der Waals surface area contributed by atoms with E-state index in [1.54, 1.807) is 11.3 Å². The topological polar surface area (TPSA) is 34.1 Å². The number of Topliss-reactive ketones (excluding diaryl/α,β-unsaturated/α-hetero) is 2. The third kappa shape index (κ3) is 0.107. The van der Waals surface area contributed by atoms with E-state index < -0.39 is 6.51 Å². The maximum atomic E-state index is 13.7. The van der Waals surface area contributed by atoms with Crippen LogP contribution >= 0.6 is 11.3 Å². The minimum atomic E-state index is -3.84. The Labute approximate surface area is 121 Å². The fourth-order valence-electron chi connectivity index (χ4n) is 18.8. The van der Waals surface area contributed by atoms with E-state index in [4.69, 9.17) is 0 Å². The van der Waals surface area contributed by atoms with E-state index >= 15 is 0 Å². The molecule has 1 aromatic heterocycles.